The first-order chi connectivity index (χ1) is 32.3. The van der Waals surface area contributed by atoms with Gasteiger partial charge in [-0.05, 0) is 163 Å². The quantitative estimate of drug-likeness (QED) is 0.159. The molecule has 0 atom stereocenters. The number of nitrogens with zero attached hydrogens (tertiary/aromatic N) is 3. The third kappa shape index (κ3) is 7.01. The van der Waals surface area contributed by atoms with Crippen molar-refractivity contribution < 1.29 is 0 Å². The molecule has 2 aliphatic heterocycles. The Balaban J connectivity index is 1.23. The predicted molar refractivity (Wildman–Crippen MR) is 294 cm³/mol. The van der Waals surface area contributed by atoms with Crippen LogP contribution >= 0.6 is 0 Å². The monoisotopic (exact) mass is 886 g/mol. The van der Waals surface area contributed by atoms with Gasteiger partial charge >= 0.3 is 0 Å². The maximum absolute atomic E-state index is 2.61. The second-order valence-corrected chi connectivity index (χ2v) is 23.3. The van der Waals surface area contributed by atoms with E-state index < -0.39 is 0 Å². The zero-order chi connectivity index (χ0) is 47.7. The van der Waals surface area contributed by atoms with Gasteiger partial charge in [0, 0.05) is 56.6 Å². The van der Waals surface area contributed by atoms with E-state index in [1.165, 1.54) is 95.0 Å². The fraction of sp³-hybridized carbons (Fsp3) is 0.250. The number of hydrogen-bond acceptors (Lipinski definition) is 3. The number of para-hydroxylation sites is 2. The van der Waals surface area contributed by atoms with Crippen LogP contribution in [0.3, 0.4) is 0 Å². The molecule has 0 amide bonds. The first kappa shape index (κ1) is 43.8. The molecule has 2 heterocycles. The molecule has 68 heavy (non-hydrogen) atoms. The summed E-state index contributed by atoms with van der Waals surface area (Å²) < 4.78 is 0. The van der Waals surface area contributed by atoms with E-state index in [0.717, 1.165) is 17.1 Å². The zero-order valence-corrected chi connectivity index (χ0v) is 42.1. The van der Waals surface area contributed by atoms with Crippen LogP contribution in [0.4, 0.5) is 51.2 Å². The summed E-state index contributed by atoms with van der Waals surface area (Å²) in [5.41, 5.74) is 25.1. The standard InChI is InChI=1S/C64H64BN3/c1-41-33-58-60-59(34-41)68(49-36-43(62(5,6)7)35-44(37-49)63(8,9)10)56-32-27-42(61(2,3)4)38-55(56)65(60)54-31-29-48(66(45-21-15-13-16-22-45)46-23-17-14-18-24-46)40-57(54)67(58)47-28-30-51-50-25-19-20-26-52(50)64(11,12)53(51)39-47/h13-40H,1-12H3. The molecule has 0 saturated carbocycles. The number of fused-ring (bicyclic) bond motifs is 7. The largest absolute Gasteiger partial charge is 0.311 e. The van der Waals surface area contributed by atoms with Crippen molar-refractivity contribution in [3.05, 3.63) is 203 Å². The minimum absolute atomic E-state index is 0.0145. The van der Waals surface area contributed by atoms with Gasteiger partial charge < -0.3 is 14.7 Å². The Bertz CT molecular complexity index is 3220. The minimum atomic E-state index is -0.156. The molecule has 11 rings (SSSR count). The summed E-state index contributed by atoms with van der Waals surface area (Å²) in [5, 5.41) is 0. The molecule has 1 aliphatic carbocycles. The van der Waals surface area contributed by atoms with Crippen molar-refractivity contribution in [1.82, 2.24) is 0 Å². The van der Waals surface area contributed by atoms with Gasteiger partial charge in [0.2, 0.25) is 0 Å². The van der Waals surface area contributed by atoms with Gasteiger partial charge in [0.05, 0.1) is 0 Å². The van der Waals surface area contributed by atoms with Crippen molar-refractivity contribution in [3.8, 4) is 11.1 Å². The number of anilines is 9. The maximum atomic E-state index is 2.61. The second-order valence-electron chi connectivity index (χ2n) is 23.3. The van der Waals surface area contributed by atoms with Gasteiger partial charge in [-0.15, -0.1) is 0 Å². The van der Waals surface area contributed by atoms with Gasteiger partial charge in [-0.25, -0.2) is 0 Å². The Morgan fingerprint density at radius 2 is 0.971 bits per heavy atom. The second kappa shape index (κ2) is 15.4. The van der Waals surface area contributed by atoms with Crippen LogP contribution in [0.15, 0.2) is 170 Å². The van der Waals surface area contributed by atoms with Crippen LogP contribution in [0.5, 0.6) is 0 Å². The van der Waals surface area contributed by atoms with Crippen molar-refractivity contribution >= 4 is 74.3 Å². The first-order valence-corrected chi connectivity index (χ1v) is 24.6. The molecule has 0 aromatic heterocycles. The highest BCUT2D eigenvalue weighted by molar-refractivity contribution is 7.00. The lowest BCUT2D eigenvalue weighted by molar-refractivity contribution is 0.568. The molecule has 8 aromatic rings. The molecule has 0 radical (unpaired) electrons. The van der Waals surface area contributed by atoms with E-state index in [9.17, 15) is 0 Å². The van der Waals surface area contributed by atoms with Crippen molar-refractivity contribution in [2.24, 2.45) is 0 Å². The van der Waals surface area contributed by atoms with E-state index in [2.05, 4.69) is 268 Å². The summed E-state index contributed by atoms with van der Waals surface area (Å²) in [6.07, 6.45) is 0. The van der Waals surface area contributed by atoms with Crippen molar-refractivity contribution in [3.63, 3.8) is 0 Å². The van der Waals surface area contributed by atoms with E-state index in [0.29, 0.717) is 0 Å². The lowest BCUT2D eigenvalue weighted by atomic mass is 9.33. The van der Waals surface area contributed by atoms with Gasteiger partial charge in [0.15, 0.2) is 0 Å². The van der Waals surface area contributed by atoms with Gasteiger partial charge in [0.25, 0.3) is 6.71 Å². The molecular weight excluding hydrogens is 822 g/mol. The summed E-state index contributed by atoms with van der Waals surface area (Å²) in [6, 6.07) is 64.8. The summed E-state index contributed by atoms with van der Waals surface area (Å²) in [4.78, 5) is 7.63. The molecular formula is C64H64BN3. The Morgan fingerprint density at radius 3 is 1.57 bits per heavy atom. The van der Waals surface area contributed by atoms with Crippen LogP contribution in [0.1, 0.15) is 110 Å². The average molecular weight is 886 g/mol. The van der Waals surface area contributed by atoms with Gasteiger partial charge in [-0.3, -0.25) is 0 Å². The van der Waals surface area contributed by atoms with Crippen LogP contribution in [0.2, 0.25) is 0 Å². The predicted octanol–water partition coefficient (Wildman–Crippen LogP) is 15.7. The fourth-order valence-electron chi connectivity index (χ4n) is 11.3. The van der Waals surface area contributed by atoms with E-state index >= 15 is 0 Å². The smallest absolute Gasteiger partial charge is 0.252 e. The first-order valence-electron chi connectivity index (χ1n) is 24.6. The molecule has 4 heteroatoms. The lowest BCUT2D eigenvalue weighted by Gasteiger charge is -2.45. The highest BCUT2D eigenvalue weighted by atomic mass is 15.2. The molecule has 0 spiro atoms. The Kier molecular flexibility index (Phi) is 9.90. The maximum Gasteiger partial charge on any atom is 0.252 e. The Hall–Kier alpha value is -6.78. The summed E-state index contributed by atoms with van der Waals surface area (Å²) in [6.45, 7) is 28.2. The third-order valence-corrected chi connectivity index (χ3v) is 15.1. The van der Waals surface area contributed by atoms with E-state index in [4.69, 9.17) is 0 Å². The van der Waals surface area contributed by atoms with E-state index in [-0.39, 0.29) is 28.4 Å². The number of aryl methyl sites for hydroxylation is 1. The van der Waals surface area contributed by atoms with Crippen LogP contribution in [0.25, 0.3) is 11.1 Å². The topological polar surface area (TPSA) is 9.72 Å². The molecule has 0 N–H and O–H groups in total. The summed E-state index contributed by atoms with van der Waals surface area (Å²) in [7, 11) is 0. The highest BCUT2D eigenvalue weighted by Gasteiger charge is 2.45. The lowest BCUT2D eigenvalue weighted by Crippen LogP contribution is -2.61. The summed E-state index contributed by atoms with van der Waals surface area (Å²) >= 11 is 0. The number of rotatable bonds is 5. The SMILES string of the molecule is Cc1cc2c3c(c1)N(c1ccc4c(c1)C(C)(C)c1ccccc1-4)c1cc(N(c4ccccc4)c4ccccc4)ccc1B3c1cc(C(C)(C)C)ccc1N2c1cc(C(C)(C)C)cc(C(C)(C)C)c1. The van der Waals surface area contributed by atoms with Crippen molar-refractivity contribution in [1.29, 1.82) is 0 Å². The zero-order valence-electron chi connectivity index (χ0n) is 42.1. The third-order valence-electron chi connectivity index (χ3n) is 15.1. The van der Waals surface area contributed by atoms with Crippen molar-refractivity contribution in [2.75, 3.05) is 14.7 Å². The van der Waals surface area contributed by atoms with E-state index in [1.807, 2.05) is 0 Å². The molecule has 3 aliphatic rings. The minimum Gasteiger partial charge on any atom is -0.311 e. The van der Waals surface area contributed by atoms with E-state index in [1.54, 1.807) is 0 Å². The molecule has 8 aromatic carbocycles. The molecule has 3 nitrogen and oxygen atoms in total. The normalized spacial score (nSPS) is 14.5. The Labute approximate surface area is 406 Å². The van der Waals surface area contributed by atoms with Crippen LogP contribution in [-0.4, -0.2) is 6.71 Å². The Morgan fingerprint density at radius 1 is 0.412 bits per heavy atom. The van der Waals surface area contributed by atoms with Gasteiger partial charge in [-0.1, -0.05) is 167 Å². The molecule has 0 unspecified atom stereocenters. The highest BCUT2D eigenvalue weighted by Crippen LogP contribution is 2.52. The van der Waals surface area contributed by atoms with Crippen molar-refractivity contribution in [2.45, 2.75) is 105 Å². The molecule has 0 fully saturated rings. The van der Waals surface area contributed by atoms with Crippen LogP contribution in [0, 0.1) is 6.92 Å². The van der Waals surface area contributed by atoms with Crippen LogP contribution in [-0.2, 0) is 21.7 Å². The van der Waals surface area contributed by atoms with Crippen LogP contribution < -0.4 is 31.1 Å². The fourth-order valence-corrected chi connectivity index (χ4v) is 11.3. The molecule has 0 bridgehead atoms. The summed E-state index contributed by atoms with van der Waals surface area (Å²) in [5.74, 6) is 0. The number of hydrogen-bond donors (Lipinski definition) is 0. The van der Waals surface area contributed by atoms with Gasteiger partial charge in [0.1, 0.15) is 0 Å². The van der Waals surface area contributed by atoms with Gasteiger partial charge in [-0.2, -0.15) is 0 Å². The average Bonchev–Trinajstić information content (AvgIpc) is 3.53. The molecule has 0 saturated heterocycles. The number of benzene rings is 8. The molecule has 338 valence electrons.